The highest BCUT2D eigenvalue weighted by Crippen LogP contribution is 2.77. The SMILES string of the molecule is CC(C)=CC[C@@]12C[C@H]3[C@@H]([C@H]4OC4(C)C)[C@@](CC=C(C)C)(C1=O)C(=O)[C@@](C(=O)c1ccccc1)(C2=O)C3(C)C. The average Bonchev–Trinajstić information content (AvgIpc) is 3.48. The molecule has 0 spiro atoms. The molecule has 6 atom stereocenters. The van der Waals surface area contributed by atoms with Gasteiger partial charge in [-0.25, -0.2) is 0 Å². The molecule has 1 aromatic rings. The van der Waals surface area contributed by atoms with Crippen molar-refractivity contribution in [1.82, 2.24) is 0 Å². The summed E-state index contributed by atoms with van der Waals surface area (Å²) in [6, 6.07) is 8.67. The average molecular weight is 517 g/mol. The molecule has 5 nitrogen and oxygen atoms in total. The number of Topliss-reactive ketones (excluding diaryl/α,β-unsaturated/α-hetero) is 4. The number of allylic oxidation sites excluding steroid dienone is 4. The fourth-order valence-corrected chi connectivity index (χ4v) is 8.24. The van der Waals surface area contributed by atoms with E-state index in [1.165, 1.54) is 0 Å². The van der Waals surface area contributed by atoms with Crippen molar-refractivity contribution in [1.29, 1.82) is 0 Å². The van der Waals surface area contributed by atoms with Crippen LogP contribution < -0.4 is 0 Å². The Labute approximate surface area is 226 Å². The Hall–Kier alpha value is -2.66. The molecule has 0 unspecified atom stereocenters. The van der Waals surface area contributed by atoms with Crippen molar-refractivity contribution >= 4 is 23.1 Å². The quantitative estimate of drug-likeness (QED) is 0.189. The van der Waals surface area contributed by atoms with Gasteiger partial charge >= 0.3 is 0 Å². The topological polar surface area (TPSA) is 80.8 Å². The van der Waals surface area contributed by atoms with Gasteiger partial charge in [0, 0.05) is 11.5 Å². The predicted molar refractivity (Wildman–Crippen MR) is 146 cm³/mol. The van der Waals surface area contributed by atoms with Gasteiger partial charge in [-0.15, -0.1) is 0 Å². The Kier molecular flexibility index (Phi) is 5.79. The van der Waals surface area contributed by atoms with E-state index in [1.54, 1.807) is 24.3 Å². The monoisotopic (exact) mass is 516 g/mol. The normalized spacial score (nSPS) is 37.7. The van der Waals surface area contributed by atoms with Gasteiger partial charge in [-0.1, -0.05) is 67.5 Å². The van der Waals surface area contributed by atoms with Crippen LogP contribution in [0.4, 0.5) is 0 Å². The minimum Gasteiger partial charge on any atom is -0.366 e. The zero-order valence-electron chi connectivity index (χ0n) is 23.9. The molecule has 1 aliphatic heterocycles. The molecule has 1 aromatic carbocycles. The van der Waals surface area contributed by atoms with Crippen molar-refractivity contribution in [2.45, 2.75) is 86.4 Å². The number of rotatable bonds is 7. The molecule has 1 saturated heterocycles. The predicted octanol–water partition coefficient (Wildman–Crippen LogP) is 6.12. The van der Waals surface area contributed by atoms with Gasteiger partial charge in [-0.05, 0) is 72.1 Å². The summed E-state index contributed by atoms with van der Waals surface area (Å²) in [5, 5.41) is 0. The first kappa shape index (κ1) is 26.9. The van der Waals surface area contributed by atoms with E-state index in [0.717, 1.165) is 11.1 Å². The van der Waals surface area contributed by atoms with Gasteiger partial charge in [-0.3, -0.25) is 19.2 Å². The lowest BCUT2D eigenvalue weighted by atomic mass is 9.26. The van der Waals surface area contributed by atoms with Gasteiger partial charge in [0.2, 0.25) is 0 Å². The number of hydrogen-bond acceptors (Lipinski definition) is 5. The van der Waals surface area contributed by atoms with E-state index in [0.29, 0.717) is 12.0 Å². The number of carbonyl (C=O) groups is 4. The van der Waals surface area contributed by atoms with Crippen LogP contribution in [0.25, 0.3) is 0 Å². The molecule has 4 saturated carbocycles. The Morgan fingerprint density at radius 3 is 1.95 bits per heavy atom. The molecule has 5 heteroatoms. The smallest absolute Gasteiger partial charge is 0.184 e. The van der Waals surface area contributed by atoms with Gasteiger partial charge in [0.15, 0.2) is 28.5 Å². The number of ketones is 4. The molecule has 6 rings (SSSR count). The maximum Gasteiger partial charge on any atom is 0.184 e. The maximum atomic E-state index is 15.2. The molecule has 0 N–H and O–H groups in total. The van der Waals surface area contributed by atoms with Crippen LogP contribution in [-0.4, -0.2) is 34.8 Å². The van der Waals surface area contributed by atoms with Gasteiger partial charge in [-0.2, -0.15) is 0 Å². The highest BCUT2D eigenvalue weighted by Gasteiger charge is 2.88. The zero-order chi connectivity index (χ0) is 28.1. The highest BCUT2D eigenvalue weighted by atomic mass is 16.6. The van der Waals surface area contributed by atoms with Crippen LogP contribution in [0.15, 0.2) is 53.6 Å². The number of ether oxygens (including phenoxy) is 1. The molecule has 0 amide bonds. The van der Waals surface area contributed by atoms with Gasteiger partial charge in [0.05, 0.1) is 22.5 Å². The fourth-order valence-electron chi connectivity index (χ4n) is 8.24. The minimum atomic E-state index is -1.92. The van der Waals surface area contributed by atoms with Crippen LogP contribution in [0.5, 0.6) is 0 Å². The van der Waals surface area contributed by atoms with Crippen LogP contribution in [0, 0.1) is 33.5 Å². The van der Waals surface area contributed by atoms with Crippen molar-refractivity contribution < 1.29 is 23.9 Å². The first-order valence-electron chi connectivity index (χ1n) is 13.8. The number of epoxide rings is 1. The lowest BCUT2D eigenvalue weighted by Crippen LogP contribution is -2.84. The second kappa shape index (κ2) is 8.17. The molecule has 5 fully saturated rings. The van der Waals surface area contributed by atoms with Crippen LogP contribution >= 0.6 is 0 Å². The van der Waals surface area contributed by atoms with Crippen LogP contribution in [-0.2, 0) is 19.1 Å². The summed E-state index contributed by atoms with van der Waals surface area (Å²) >= 11 is 0. The third-order valence-electron chi connectivity index (χ3n) is 10.3. The third kappa shape index (κ3) is 3.08. The maximum absolute atomic E-state index is 15.2. The van der Waals surface area contributed by atoms with Crippen molar-refractivity contribution in [2.75, 3.05) is 0 Å². The molecule has 0 aromatic heterocycles. The van der Waals surface area contributed by atoms with Crippen molar-refractivity contribution in [2.24, 2.45) is 33.5 Å². The Morgan fingerprint density at radius 1 is 0.868 bits per heavy atom. The van der Waals surface area contributed by atoms with Crippen LogP contribution in [0.3, 0.4) is 0 Å². The van der Waals surface area contributed by atoms with Crippen molar-refractivity contribution in [3.05, 3.63) is 59.2 Å². The standard InChI is InChI=1S/C33H40O5/c1-19(2)14-16-31-18-22-23(25-30(7,8)38-25)32(26(31)35,17-15-20(3)4)28(37)33(27(31)36,29(22,5)6)24(34)21-12-10-9-11-13-21/h9-15,22-23,25H,16-18H2,1-8H3/t22-,23-,25+,31+,32-,33+/m0/s1. The molecule has 202 valence electrons. The summed E-state index contributed by atoms with van der Waals surface area (Å²) in [5.41, 5.74) is -3.94. The van der Waals surface area contributed by atoms with Crippen LogP contribution in [0.2, 0.25) is 0 Å². The molecule has 0 radical (unpaired) electrons. The fraction of sp³-hybridized carbons (Fsp3) is 0.576. The van der Waals surface area contributed by atoms with Gasteiger partial charge < -0.3 is 4.74 Å². The number of benzene rings is 1. The molecule has 1 heterocycles. The first-order valence-corrected chi connectivity index (χ1v) is 13.8. The third-order valence-corrected chi connectivity index (χ3v) is 10.3. The molecule has 5 aliphatic rings. The summed E-state index contributed by atoms with van der Waals surface area (Å²) < 4.78 is 6.18. The van der Waals surface area contributed by atoms with E-state index in [4.69, 9.17) is 4.74 Å². The highest BCUT2D eigenvalue weighted by molar-refractivity contribution is 6.42. The van der Waals surface area contributed by atoms with Gasteiger partial charge in [0.1, 0.15) is 0 Å². The molecule has 4 bridgehead atoms. The largest absolute Gasteiger partial charge is 0.366 e. The Balaban J connectivity index is 1.86. The van der Waals surface area contributed by atoms with E-state index in [-0.39, 0.29) is 30.6 Å². The van der Waals surface area contributed by atoms with Gasteiger partial charge in [0.25, 0.3) is 0 Å². The van der Waals surface area contributed by atoms with Crippen molar-refractivity contribution in [3.8, 4) is 0 Å². The van der Waals surface area contributed by atoms with E-state index in [1.807, 2.05) is 73.6 Å². The second-order valence-corrected chi connectivity index (χ2v) is 13.7. The zero-order valence-corrected chi connectivity index (χ0v) is 23.9. The summed E-state index contributed by atoms with van der Waals surface area (Å²) in [5.74, 6) is -2.37. The number of hydrogen-bond donors (Lipinski definition) is 0. The lowest BCUT2D eigenvalue weighted by Gasteiger charge is -2.71. The summed E-state index contributed by atoms with van der Waals surface area (Å²) in [4.78, 5) is 59.5. The molecular weight excluding hydrogens is 476 g/mol. The second-order valence-electron chi connectivity index (χ2n) is 13.7. The van der Waals surface area contributed by atoms with E-state index in [2.05, 4.69) is 0 Å². The Bertz CT molecular complexity index is 1310. The molecule has 38 heavy (non-hydrogen) atoms. The van der Waals surface area contributed by atoms with Crippen molar-refractivity contribution in [3.63, 3.8) is 0 Å². The summed E-state index contributed by atoms with van der Waals surface area (Å²) in [6.45, 7) is 15.6. The molecular formula is C33H40O5. The van der Waals surface area contributed by atoms with E-state index >= 15 is 4.79 Å². The Morgan fingerprint density at radius 2 is 1.42 bits per heavy atom. The minimum absolute atomic E-state index is 0.188. The van der Waals surface area contributed by atoms with Crippen LogP contribution in [0.1, 0.15) is 85.0 Å². The number of carbonyl (C=O) groups excluding carboxylic acids is 4. The van der Waals surface area contributed by atoms with E-state index < -0.39 is 50.5 Å². The summed E-state index contributed by atoms with van der Waals surface area (Å²) in [6.07, 6.45) is 4.34. The summed E-state index contributed by atoms with van der Waals surface area (Å²) in [7, 11) is 0. The lowest BCUT2D eigenvalue weighted by molar-refractivity contribution is -0.215. The first-order chi connectivity index (χ1) is 17.6. The van der Waals surface area contributed by atoms with E-state index in [9.17, 15) is 14.4 Å². The molecule has 4 aliphatic carbocycles.